The minimum absolute atomic E-state index is 0.918. The van der Waals surface area contributed by atoms with Gasteiger partial charge in [0.25, 0.3) is 0 Å². The van der Waals surface area contributed by atoms with Crippen LogP contribution in [-0.2, 0) is 0 Å². The summed E-state index contributed by atoms with van der Waals surface area (Å²) in [5.41, 5.74) is 0. The minimum Gasteiger partial charge on any atom is -0.137 e. The first-order valence-electron chi connectivity index (χ1n) is 5.01. The van der Waals surface area contributed by atoms with E-state index < -0.39 is 0 Å². The Morgan fingerprint density at radius 3 is 2.27 bits per heavy atom. The molecule has 0 rings (SSSR count). The molecule has 0 heterocycles. The fraction of sp³-hybridized carbons (Fsp3) is 1.00. The van der Waals surface area contributed by atoms with Crippen LogP contribution in [0, 0.1) is 5.92 Å². The lowest BCUT2D eigenvalue weighted by Crippen LogP contribution is -1.94. The topological polar surface area (TPSA) is 0 Å². The molecule has 11 heavy (non-hydrogen) atoms. The molecule has 0 aliphatic carbocycles. The number of hydrogen-bond acceptors (Lipinski definition) is 0. The van der Waals surface area contributed by atoms with E-state index in [0.717, 1.165) is 5.92 Å². The van der Waals surface area contributed by atoms with Crippen molar-refractivity contribution >= 4 is 9.24 Å². The van der Waals surface area contributed by atoms with Crippen LogP contribution in [0.25, 0.3) is 0 Å². The van der Waals surface area contributed by atoms with Gasteiger partial charge in [0.2, 0.25) is 0 Å². The summed E-state index contributed by atoms with van der Waals surface area (Å²) in [5, 5.41) is 0. The van der Waals surface area contributed by atoms with E-state index in [0.29, 0.717) is 0 Å². The molecule has 0 saturated heterocycles. The summed E-state index contributed by atoms with van der Waals surface area (Å²) in [7, 11) is 2.83. The summed E-state index contributed by atoms with van der Waals surface area (Å²) in [6.07, 6.45) is 9.81. The molecule has 2 atom stereocenters. The van der Waals surface area contributed by atoms with Gasteiger partial charge in [-0.2, -0.15) is 0 Å². The highest BCUT2D eigenvalue weighted by Gasteiger charge is 1.97. The van der Waals surface area contributed by atoms with E-state index in [-0.39, 0.29) is 0 Å². The molecule has 0 spiro atoms. The summed E-state index contributed by atoms with van der Waals surface area (Å²) in [5.74, 6) is 0.918. The normalized spacial score (nSPS) is 13.4. The molecule has 0 aromatic rings. The molecule has 1 heteroatoms. The third-order valence-corrected chi connectivity index (χ3v) is 3.01. The second kappa shape index (κ2) is 8.53. The Morgan fingerprint density at radius 2 is 1.73 bits per heavy atom. The van der Waals surface area contributed by atoms with E-state index in [4.69, 9.17) is 0 Å². The van der Waals surface area contributed by atoms with Gasteiger partial charge in [0, 0.05) is 0 Å². The van der Waals surface area contributed by atoms with Crippen molar-refractivity contribution in [3.63, 3.8) is 0 Å². The van der Waals surface area contributed by atoms with Crippen LogP contribution in [0.2, 0.25) is 0 Å². The standard InChI is InChI=1S/C10H23P/c1-3-4-5-6-7-8-10(2)9-11/h10H,3-9,11H2,1-2H3. The Hall–Kier alpha value is 0.430. The van der Waals surface area contributed by atoms with Gasteiger partial charge in [0.1, 0.15) is 0 Å². The van der Waals surface area contributed by atoms with Crippen LogP contribution in [0.1, 0.15) is 52.4 Å². The minimum atomic E-state index is 0.918. The van der Waals surface area contributed by atoms with Crippen molar-refractivity contribution in [1.82, 2.24) is 0 Å². The van der Waals surface area contributed by atoms with Crippen LogP contribution in [0.15, 0.2) is 0 Å². The van der Waals surface area contributed by atoms with Crippen LogP contribution in [0.5, 0.6) is 0 Å². The zero-order valence-corrected chi connectivity index (χ0v) is 9.26. The molecule has 0 amide bonds. The molecule has 68 valence electrons. The summed E-state index contributed by atoms with van der Waals surface area (Å²) >= 11 is 0. The van der Waals surface area contributed by atoms with Crippen molar-refractivity contribution in [1.29, 1.82) is 0 Å². The van der Waals surface area contributed by atoms with E-state index in [2.05, 4.69) is 23.1 Å². The summed E-state index contributed by atoms with van der Waals surface area (Å²) in [6.45, 7) is 4.61. The van der Waals surface area contributed by atoms with Crippen molar-refractivity contribution in [3.05, 3.63) is 0 Å². The Balaban J connectivity index is 2.89. The first-order chi connectivity index (χ1) is 5.31. The second-order valence-electron chi connectivity index (χ2n) is 3.54. The molecule has 0 aliphatic rings. The van der Waals surface area contributed by atoms with Gasteiger partial charge in [-0.05, 0) is 12.1 Å². The van der Waals surface area contributed by atoms with Gasteiger partial charge < -0.3 is 0 Å². The maximum atomic E-state index is 2.83. The van der Waals surface area contributed by atoms with E-state index in [1.807, 2.05) is 0 Å². The van der Waals surface area contributed by atoms with Crippen molar-refractivity contribution in [3.8, 4) is 0 Å². The summed E-state index contributed by atoms with van der Waals surface area (Å²) in [6, 6.07) is 0. The predicted molar refractivity (Wildman–Crippen MR) is 57.1 cm³/mol. The Bertz CT molecular complexity index is 71.3. The number of unbranched alkanes of at least 4 members (excludes halogenated alkanes) is 4. The first kappa shape index (κ1) is 11.4. The van der Waals surface area contributed by atoms with Crippen LogP contribution in [0.4, 0.5) is 0 Å². The van der Waals surface area contributed by atoms with Gasteiger partial charge in [-0.3, -0.25) is 0 Å². The molecule has 0 aromatic carbocycles. The van der Waals surface area contributed by atoms with E-state index in [9.17, 15) is 0 Å². The number of rotatable bonds is 7. The van der Waals surface area contributed by atoms with Gasteiger partial charge in [-0.15, -0.1) is 9.24 Å². The summed E-state index contributed by atoms with van der Waals surface area (Å²) in [4.78, 5) is 0. The quantitative estimate of drug-likeness (QED) is 0.406. The molecule has 0 fully saturated rings. The van der Waals surface area contributed by atoms with Crippen LogP contribution in [0.3, 0.4) is 0 Å². The van der Waals surface area contributed by atoms with Gasteiger partial charge in [0.15, 0.2) is 0 Å². The average molecular weight is 174 g/mol. The molecular formula is C10H23P. The lowest BCUT2D eigenvalue weighted by Gasteiger charge is -2.06. The molecular weight excluding hydrogens is 151 g/mol. The highest BCUT2D eigenvalue weighted by molar-refractivity contribution is 7.16. The van der Waals surface area contributed by atoms with Gasteiger partial charge in [-0.25, -0.2) is 0 Å². The Labute approximate surface area is 74.4 Å². The molecule has 0 aromatic heterocycles. The average Bonchev–Trinajstić information content (AvgIpc) is 2.04. The van der Waals surface area contributed by atoms with Crippen LogP contribution < -0.4 is 0 Å². The lowest BCUT2D eigenvalue weighted by atomic mass is 10.0. The molecule has 0 aliphatic heterocycles. The third kappa shape index (κ3) is 8.34. The lowest BCUT2D eigenvalue weighted by molar-refractivity contribution is 0.524. The third-order valence-electron chi connectivity index (χ3n) is 2.20. The smallest absolute Gasteiger partial charge is 0.0355 e. The van der Waals surface area contributed by atoms with Crippen LogP contribution >= 0.6 is 9.24 Å². The van der Waals surface area contributed by atoms with Gasteiger partial charge >= 0.3 is 0 Å². The zero-order valence-electron chi connectivity index (χ0n) is 8.10. The molecule has 0 saturated carbocycles. The molecule has 0 nitrogen and oxygen atoms in total. The Morgan fingerprint density at radius 1 is 1.09 bits per heavy atom. The second-order valence-corrected chi connectivity index (χ2v) is 4.02. The van der Waals surface area contributed by atoms with Crippen molar-refractivity contribution < 1.29 is 0 Å². The largest absolute Gasteiger partial charge is 0.137 e. The zero-order chi connectivity index (χ0) is 8.53. The highest BCUT2D eigenvalue weighted by atomic mass is 31.0. The molecule has 2 unspecified atom stereocenters. The summed E-state index contributed by atoms with van der Waals surface area (Å²) < 4.78 is 0. The molecule has 0 bridgehead atoms. The monoisotopic (exact) mass is 174 g/mol. The predicted octanol–water partition coefficient (Wildman–Crippen LogP) is 3.86. The van der Waals surface area contributed by atoms with Crippen LogP contribution in [-0.4, -0.2) is 6.16 Å². The SMILES string of the molecule is CCCCCCCC(C)CP. The van der Waals surface area contributed by atoms with Crippen molar-refractivity contribution in [2.24, 2.45) is 5.92 Å². The van der Waals surface area contributed by atoms with E-state index in [1.54, 1.807) is 0 Å². The highest BCUT2D eigenvalue weighted by Crippen LogP contribution is 2.12. The first-order valence-corrected chi connectivity index (χ1v) is 5.83. The van der Waals surface area contributed by atoms with E-state index >= 15 is 0 Å². The van der Waals surface area contributed by atoms with Crippen molar-refractivity contribution in [2.45, 2.75) is 52.4 Å². The molecule has 0 radical (unpaired) electrons. The van der Waals surface area contributed by atoms with Gasteiger partial charge in [-0.1, -0.05) is 52.4 Å². The van der Waals surface area contributed by atoms with Gasteiger partial charge in [0.05, 0.1) is 0 Å². The molecule has 0 N–H and O–H groups in total. The Kier molecular flexibility index (Phi) is 8.86. The maximum Gasteiger partial charge on any atom is -0.0355 e. The van der Waals surface area contributed by atoms with E-state index in [1.165, 1.54) is 44.7 Å². The fourth-order valence-corrected chi connectivity index (χ4v) is 1.45. The van der Waals surface area contributed by atoms with Crippen molar-refractivity contribution in [2.75, 3.05) is 6.16 Å². The maximum absolute atomic E-state index is 2.83. The number of hydrogen-bond donors (Lipinski definition) is 0. The fourth-order valence-electron chi connectivity index (χ4n) is 1.21.